The van der Waals surface area contributed by atoms with Gasteiger partial charge in [-0.1, -0.05) is 30.3 Å². The Kier molecular flexibility index (Phi) is 6.03. The molecule has 142 valence electrons. The first-order valence-electron chi connectivity index (χ1n) is 9.13. The Morgan fingerprint density at radius 2 is 2.07 bits per heavy atom. The van der Waals surface area contributed by atoms with E-state index in [9.17, 15) is 9.90 Å². The number of rotatable bonds is 3. The summed E-state index contributed by atoms with van der Waals surface area (Å²) in [6.07, 6.45) is 3.16. The smallest absolute Gasteiger partial charge is 0.320 e. The molecular formula is C20H25N5O2. The quantitative estimate of drug-likeness (QED) is 0.537. The molecule has 2 atom stereocenters. The molecular weight excluding hydrogens is 342 g/mol. The van der Waals surface area contributed by atoms with Gasteiger partial charge >= 0.3 is 6.03 Å². The largest absolute Gasteiger partial charge is 0.393 e. The lowest BCUT2D eigenvalue weighted by molar-refractivity contribution is 0.159. The summed E-state index contributed by atoms with van der Waals surface area (Å²) in [5, 5.41) is 26.9. The van der Waals surface area contributed by atoms with Gasteiger partial charge in [-0.15, -0.1) is 0 Å². The lowest BCUT2D eigenvalue weighted by Crippen LogP contribution is -2.33. The van der Waals surface area contributed by atoms with E-state index in [4.69, 9.17) is 5.41 Å². The van der Waals surface area contributed by atoms with Crippen molar-refractivity contribution in [1.29, 1.82) is 5.41 Å². The average molecular weight is 367 g/mol. The van der Waals surface area contributed by atoms with Gasteiger partial charge in [0, 0.05) is 25.2 Å². The minimum Gasteiger partial charge on any atom is -0.393 e. The number of aliphatic hydroxyl groups excluding tert-OH is 1. The molecule has 1 aliphatic heterocycles. The van der Waals surface area contributed by atoms with Crippen LogP contribution in [0, 0.1) is 5.41 Å². The second-order valence-electron chi connectivity index (χ2n) is 6.66. The van der Waals surface area contributed by atoms with E-state index in [0.717, 1.165) is 18.4 Å². The number of hydrogen-bond donors (Lipinski definition) is 5. The van der Waals surface area contributed by atoms with Gasteiger partial charge < -0.3 is 21.1 Å². The summed E-state index contributed by atoms with van der Waals surface area (Å²) < 4.78 is 0. The molecule has 2 heterocycles. The van der Waals surface area contributed by atoms with E-state index in [-0.39, 0.29) is 12.1 Å². The van der Waals surface area contributed by atoms with Crippen molar-refractivity contribution in [2.75, 3.05) is 17.7 Å². The molecule has 1 aliphatic rings. The highest BCUT2D eigenvalue weighted by atomic mass is 16.3. The Bertz CT molecular complexity index is 810. The fraction of sp³-hybridized carbons (Fsp3) is 0.350. The van der Waals surface area contributed by atoms with Gasteiger partial charge in [0.05, 0.1) is 23.5 Å². The van der Waals surface area contributed by atoms with Gasteiger partial charge in [0.25, 0.3) is 0 Å². The Hall–Kier alpha value is -2.93. The molecule has 0 radical (unpaired) electrons. The third-order valence-corrected chi connectivity index (χ3v) is 4.74. The van der Waals surface area contributed by atoms with Gasteiger partial charge in [0.2, 0.25) is 0 Å². The van der Waals surface area contributed by atoms with Crippen LogP contribution in [0.15, 0.2) is 36.4 Å². The lowest BCUT2D eigenvalue weighted by Gasteiger charge is -2.22. The van der Waals surface area contributed by atoms with Crippen molar-refractivity contribution in [3.8, 4) is 0 Å². The lowest BCUT2D eigenvalue weighted by atomic mass is 9.98. The molecule has 2 bridgehead atoms. The molecule has 1 aromatic heterocycles. The molecule has 2 aromatic rings. The molecule has 0 saturated carbocycles. The number of nitrogens with zero attached hydrogens (tertiary/aromatic N) is 1. The van der Waals surface area contributed by atoms with E-state index < -0.39 is 6.10 Å². The monoisotopic (exact) mass is 367 g/mol. The van der Waals surface area contributed by atoms with Gasteiger partial charge in [-0.3, -0.25) is 5.32 Å². The number of hydrogen-bond acceptors (Lipinski definition) is 5. The van der Waals surface area contributed by atoms with Crippen molar-refractivity contribution >= 4 is 23.8 Å². The Balaban J connectivity index is 1.93. The number of aliphatic hydroxyl groups is 1. The van der Waals surface area contributed by atoms with E-state index in [1.165, 1.54) is 6.21 Å². The number of pyridine rings is 1. The van der Waals surface area contributed by atoms with Crippen molar-refractivity contribution in [2.45, 2.75) is 37.8 Å². The first kappa shape index (κ1) is 18.8. The standard InChI is InChI=1S/C20H25N5O2/c1-22-19-14(12-21)10-18-23-17(19)11-15(26)8-5-9-16(24-20(27)25-18)13-6-3-2-4-7-13/h2-4,6-7,10,12,15-16,21-22,26H,5,8-9,11H2,1H3,(H2,23,24,25,27). The zero-order valence-electron chi connectivity index (χ0n) is 15.3. The Labute approximate surface area is 158 Å². The minimum absolute atomic E-state index is 0.143. The highest BCUT2D eigenvalue weighted by molar-refractivity contribution is 5.92. The van der Waals surface area contributed by atoms with Crippen LogP contribution in [0.4, 0.5) is 16.3 Å². The number of benzene rings is 1. The van der Waals surface area contributed by atoms with Crippen LogP contribution in [0.25, 0.3) is 0 Å². The number of aromatic nitrogens is 1. The van der Waals surface area contributed by atoms with Gasteiger partial charge in [0.1, 0.15) is 5.82 Å². The summed E-state index contributed by atoms with van der Waals surface area (Å²) in [7, 11) is 1.76. The van der Waals surface area contributed by atoms with E-state index in [1.807, 2.05) is 30.3 Å². The number of fused-ring (bicyclic) bond motifs is 2. The maximum Gasteiger partial charge on any atom is 0.320 e. The van der Waals surface area contributed by atoms with Crippen molar-refractivity contribution in [3.05, 3.63) is 53.2 Å². The summed E-state index contributed by atoms with van der Waals surface area (Å²) in [6.45, 7) is 0. The summed E-state index contributed by atoms with van der Waals surface area (Å²) in [5.74, 6) is 0.361. The number of urea groups is 1. The van der Waals surface area contributed by atoms with Crippen molar-refractivity contribution in [1.82, 2.24) is 10.3 Å². The minimum atomic E-state index is -0.537. The van der Waals surface area contributed by atoms with Gasteiger partial charge in [0.15, 0.2) is 0 Å². The van der Waals surface area contributed by atoms with Gasteiger partial charge in [-0.25, -0.2) is 9.78 Å². The molecule has 7 heteroatoms. The fourth-order valence-electron chi connectivity index (χ4n) is 3.43. The van der Waals surface area contributed by atoms with E-state index in [0.29, 0.717) is 35.6 Å². The highest BCUT2D eigenvalue weighted by Gasteiger charge is 2.20. The molecule has 27 heavy (non-hydrogen) atoms. The molecule has 0 saturated heterocycles. The van der Waals surface area contributed by atoms with Crippen LogP contribution in [0.5, 0.6) is 0 Å². The zero-order chi connectivity index (χ0) is 19.2. The molecule has 5 N–H and O–H groups in total. The number of anilines is 2. The Morgan fingerprint density at radius 3 is 2.78 bits per heavy atom. The van der Waals surface area contributed by atoms with Crippen LogP contribution in [-0.4, -0.2) is 35.5 Å². The number of carbonyl (C=O) groups excluding carboxylic acids is 1. The first-order valence-corrected chi connectivity index (χ1v) is 9.13. The highest BCUT2D eigenvalue weighted by Crippen LogP contribution is 2.26. The molecule has 0 spiro atoms. The normalized spacial score (nSPS) is 20.4. The maximum atomic E-state index is 12.5. The van der Waals surface area contributed by atoms with Gasteiger partial charge in [-0.05, 0) is 30.9 Å². The predicted octanol–water partition coefficient (Wildman–Crippen LogP) is 3.07. The van der Waals surface area contributed by atoms with E-state index in [2.05, 4.69) is 20.9 Å². The number of carbonyl (C=O) groups is 1. The van der Waals surface area contributed by atoms with Gasteiger partial charge in [-0.2, -0.15) is 0 Å². The van der Waals surface area contributed by atoms with Crippen LogP contribution in [0.3, 0.4) is 0 Å². The second-order valence-corrected chi connectivity index (χ2v) is 6.66. The summed E-state index contributed by atoms with van der Waals surface area (Å²) in [5.41, 5.74) is 2.98. The number of nitrogens with one attached hydrogen (secondary N) is 4. The molecule has 3 rings (SSSR count). The van der Waals surface area contributed by atoms with Crippen molar-refractivity contribution in [2.24, 2.45) is 0 Å². The third kappa shape index (κ3) is 4.62. The van der Waals surface area contributed by atoms with Crippen LogP contribution in [-0.2, 0) is 6.42 Å². The van der Waals surface area contributed by atoms with Crippen LogP contribution < -0.4 is 16.0 Å². The molecule has 0 fully saturated rings. The third-order valence-electron chi connectivity index (χ3n) is 4.74. The maximum absolute atomic E-state index is 12.5. The van der Waals surface area contributed by atoms with E-state index in [1.54, 1.807) is 13.1 Å². The van der Waals surface area contributed by atoms with Crippen LogP contribution in [0.1, 0.15) is 42.1 Å². The van der Waals surface area contributed by atoms with Crippen molar-refractivity contribution in [3.63, 3.8) is 0 Å². The average Bonchev–Trinajstić information content (AvgIpc) is 2.66. The molecule has 2 amide bonds. The molecule has 0 aliphatic carbocycles. The number of amides is 2. The fourth-order valence-corrected chi connectivity index (χ4v) is 3.43. The van der Waals surface area contributed by atoms with Crippen molar-refractivity contribution < 1.29 is 9.90 Å². The SMILES string of the molecule is CNc1c(C=N)cc2nc1CC(O)CCCC(c1ccccc1)NC(=O)N2. The zero-order valence-corrected chi connectivity index (χ0v) is 15.3. The van der Waals surface area contributed by atoms with Crippen LogP contribution >= 0.6 is 0 Å². The second kappa shape index (κ2) is 8.64. The summed E-state index contributed by atoms with van der Waals surface area (Å²) in [4.78, 5) is 17.0. The summed E-state index contributed by atoms with van der Waals surface area (Å²) in [6, 6.07) is 11.0. The molecule has 2 unspecified atom stereocenters. The predicted molar refractivity (Wildman–Crippen MR) is 107 cm³/mol. The van der Waals surface area contributed by atoms with Crippen LogP contribution in [0.2, 0.25) is 0 Å². The summed E-state index contributed by atoms with van der Waals surface area (Å²) >= 11 is 0. The molecule has 1 aromatic carbocycles. The Morgan fingerprint density at radius 1 is 1.30 bits per heavy atom. The first-order chi connectivity index (χ1) is 13.1. The van der Waals surface area contributed by atoms with E-state index >= 15 is 0 Å². The molecule has 7 nitrogen and oxygen atoms in total. The topological polar surface area (TPSA) is 110 Å².